The minimum absolute atomic E-state index is 0.0763. The highest BCUT2D eigenvalue weighted by Gasteiger charge is 2.37. The van der Waals surface area contributed by atoms with Crippen molar-refractivity contribution in [3.05, 3.63) is 35.5 Å². The van der Waals surface area contributed by atoms with Crippen molar-refractivity contribution in [3.8, 4) is 0 Å². The third-order valence-electron chi connectivity index (χ3n) is 6.57. The molecular weight excluding hydrogens is 352 g/mol. The molecule has 2 N–H and O–H groups in total. The zero-order chi connectivity index (χ0) is 19.7. The Morgan fingerprint density at radius 1 is 1.14 bits per heavy atom. The molecule has 0 saturated carbocycles. The van der Waals surface area contributed by atoms with Crippen LogP contribution < -0.4 is 0 Å². The first-order valence-corrected chi connectivity index (χ1v) is 10.5. The number of likely N-dealkylation sites (N-methyl/N-ethyl adjacent to an activating group) is 1. The van der Waals surface area contributed by atoms with Gasteiger partial charge in [0, 0.05) is 69.2 Å². The number of fused-ring (bicyclic) bond motifs is 1. The van der Waals surface area contributed by atoms with Crippen molar-refractivity contribution in [2.24, 2.45) is 11.8 Å². The number of nitrogens with zero attached hydrogens (tertiary/aromatic N) is 3. The number of rotatable bonds is 5. The maximum absolute atomic E-state index is 13.3. The van der Waals surface area contributed by atoms with E-state index in [0.717, 1.165) is 67.8 Å². The van der Waals surface area contributed by atoms with Crippen molar-refractivity contribution in [1.82, 2.24) is 19.7 Å². The number of carbonyl (C=O) groups is 1. The quantitative estimate of drug-likeness (QED) is 0.823. The molecule has 0 radical (unpaired) electrons. The molecule has 3 heterocycles. The van der Waals surface area contributed by atoms with Crippen molar-refractivity contribution in [1.29, 1.82) is 0 Å². The van der Waals surface area contributed by atoms with E-state index in [-0.39, 0.29) is 18.4 Å². The number of para-hydroxylation sites is 1. The fourth-order valence-electron chi connectivity index (χ4n) is 4.79. The summed E-state index contributed by atoms with van der Waals surface area (Å²) >= 11 is 0. The summed E-state index contributed by atoms with van der Waals surface area (Å²) in [5.41, 5.74) is 2.85. The molecule has 0 bridgehead atoms. The highest BCUT2D eigenvalue weighted by molar-refractivity contribution is 6.01. The third kappa shape index (κ3) is 3.69. The van der Waals surface area contributed by atoms with Gasteiger partial charge < -0.3 is 24.8 Å². The van der Waals surface area contributed by atoms with Crippen molar-refractivity contribution in [3.63, 3.8) is 0 Å². The number of aliphatic hydroxyl groups is 1. The van der Waals surface area contributed by atoms with Crippen molar-refractivity contribution < 1.29 is 9.90 Å². The predicted molar refractivity (Wildman–Crippen MR) is 112 cm³/mol. The Morgan fingerprint density at radius 2 is 1.86 bits per heavy atom. The second-order valence-corrected chi connectivity index (χ2v) is 8.39. The van der Waals surface area contributed by atoms with Crippen LogP contribution in [0, 0.1) is 11.8 Å². The van der Waals surface area contributed by atoms with Gasteiger partial charge in [0.2, 0.25) is 0 Å². The molecule has 4 rings (SSSR count). The van der Waals surface area contributed by atoms with Crippen LogP contribution in [0.2, 0.25) is 0 Å². The first-order chi connectivity index (χ1) is 13.6. The molecule has 0 unspecified atom stereocenters. The van der Waals surface area contributed by atoms with Gasteiger partial charge in [0.15, 0.2) is 0 Å². The maximum atomic E-state index is 13.3. The van der Waals surface area contributed by atoms with E-state index >= 15 is 0 Å². The van der Waals surface area contributed by atoms with E-state index in [1.807, 2.05) is 23.1 Å². The van der Waals surface area contributed by atoms with Crippen LogP contribution in [0.25, 0.3) is 10.9 Å². The number of carbonyl (C=O) groups excluding carboxylic acids is 1. The van der Waals surface area contributed by atoms with Gasteiger partial charge in [0.05, 0.1) is 0 Å². The zero-order valence-electron chi connectivity index (χ0n) is 17.0. The highest BCUT2D eigenvalue weighted by atomic mass is 16.3. The van der Waals surface area contributed by atoms with Crippen LogP contribution >= 0.6 is 0 Å². The van der Waals surface area contributed by atoms with Gasteiger partial charge in [-0.1, -0.05) is 25.1 Å². The molecule has 2 aromatic rings. The summed E-state index contributed by atoms with van der Waals surface area (Å²) in [7, 11) is 2.16. The molecular formula is C22H32N4O2. The number of likely N-dealkylation sites (tertiary alicyclic amines) is 1. The van der Waals surface area contributed by atoms with Crippen LogP contribution in [0.3, 0.4) is 0 Å². The van der Waals surface area contributed by atoms with Crippen molar-refractivity contribution in [2.75, 3.05) is 59.5 Å². The largest absolute Gasteiger partial charge is 0.396 e. The van der Waals surface area contributed by atoms with E-state index in [2.05, 4.69) is 34.8 Å². The molecule has 28 heavy (non-hydrogen) atoms. The molecule has 152 valence electrons. The Kier molecular flexibility index (Phi) is 5.71. The Bertz CT molecular complexity index is 825. The second-order valence-electron chi connectivity index (χ2n) is 8.39. The van der Waals surface area contributed by atoms with E-state index in [1.165, 1.54) is 0 Å². The van der Waals surface area contributed by atoms with Gasteiger partial charge in [-0.15, -0.1) is 0 Å². The Morgan fingerprint density at radius 3 is 2.57 bits per heavy atom. The van der Waals surface area contributed by atoms with Crippen LogP contribution in [0.15, 0.2) is 24.3 Å². The molecule has 0 spiro atoms. The molecule has 2 aliphatic heterocycles. The molecule has 6 nitrogen and oxygen atoms in total. The van der Waals surface area contributed by atoms with Crippen LogP contribution in [-0.2, 0) is 6.42 Å². The maximum Gasteiger partial charge on any atom is 0.270 e. The lowest BCUT2D eigenvalue weighted by Gasteiger charge is -2.34. The summed E-state index contributed by atoms with van der Waals surface area (Å²) in [5.74, 6) is 0.581. The normalized spacial score (nSPS) is 24.3. The number of nitrogens with one attached hydrogen (secondary N) is 1. The van der Waals surface area contributed by atoms with Crippen molar-refractivity contribution in [2.45, 2.75) is 13.3 Å². The summed E-state index contributed by atoms with van der Waals surface area (Å²) < 4.78 is 0. The monoisotopic (exact) mass is 384 g/mol. The molecule has 2 aliphatic rings. The molecule has 6 heteroatoms. The van der Waals surface area contributed by atoms with E-state index in [4.69, 9.17) is 0 Å². The van der Waals surface area contributed by atoms with Gasteiger partial charge in [0.1, 0.15) is 5.69 Å². The number of aromatic nitrogens is 1. The van der Waals surface area contributed by atoms with E-state index < -0.39 is 0 Å². The number of hydrogen-bond donors (Lipinski definition) is 2. The number of hydrogen-bond acceptors (Lipinski definition) is 4. The average Bonchev–Trinajstić information content (AvgIpc) is 3.30. The zero-order valence-corrected chi connectivity index (χ0v) is 17.0. The standard InChI is InChI=1S/C22H32N4O2/c1-3-18-19-6-4-5-7-20(19)23-21(18)22(28)26-13-16(17(14-26)15-27)12-25-10-8-24(2)9-11-25/h4-7,16-17,23,27H,3,8-15H2,1-2H3/t16-,17-/m1/s1. The Labute approximate surface area is 167 Å². The van der Waals surface area contributed by atoms with E-state index in [1.54, 1.807) is 0 Å². The number of piperazine rings is 1. The Hall–Kier alpha value is -1.89. The van der Waals surface area contributed by atoms with Gasteiger partial charge in [-0.3, -0.25) is 4.79 Å². The molecule has 1 amide bonds. The lowest BCUT2D eigenvalue weighted by Crippen LogP contribution is -2.47. The van der Waals surface area contributed by atoms with Crippen molar-refractivity contribution >= 4 is 16.8 Å². The number of aromatic amines is 1. The smallest absolute Gasteiger partial charge is 0.270 e. The lowest BCUT2D eigenvalue weighted by molar-refractivity contribution is 0.0771. The number of aryl methyl sites for hydroxylation is 1. The second kappa shape index (κ2) is 8.23. The Balaban J connectivity index is 1.49. The summed E-state index contributed by atoms with van der Waals surface area (Å²) in [4.78, 5) is 23.5. The number of H-pyrrole nitrogens is 1. The minimum atomic E-state index is 0.0763. The molecule has 0 aliphatic carbocycles. The summed E-state index contributed by atoms with van der Waals surface area (Å²) in [6, 6.07) is 8.13. The average molecular weight is 385 g/mol. The number of aliphatic hydroxyl groups excluding tert-OH is 1. The first kappa shape index (κ1) is 19.4. The van der Waals surface area contributed by atoms with Gasteiger partial charge in [-0.25, -0.2) is 0 Å². The van der Waals surface area contributed by atoms with Crippen LogP contribution in [0.4, 0.5) is 0 Å². The summed E-state index contributed by atoms with van der Waals surface area (Å²) in [5, 5.41) is 11.1. The SMILES string of the molecule is CCc1c(C(=O)N2C[C@@H](CN3CCN(C)CC3)[C@@H](CO)C2)[nH]c2ccccc12. The van der Waals surface area contributed by atoms with E-state index in [9.17, 15) is 9.90 Å². The van der Waals surface area contributed by atoms with Crippen LogP contribution in [0.5, 0.6) is 0 Å². The topological polar surface area (TPSA) is 62.8 Å². The van der Waals surface area contributed by atoms with Crippen LogP contribution in [-0.4, -0.2) is 90.2 Å². The van der Waals surface area contributed by atoms with Gasteiger partial charge >= 0.3 is 0 Å². The van der Waals surface area contributed by atoms with Gasteiger partial charge in [-0.05, 0) is 31.0 Å². The number of benzene rings is 1. The first-order valence-electron chi connectivity index (χ1n) is 10.5. The molecule has 2 saturated heterocycles. The fraction of sp³-hybridized carbons (Fsp3) is 0.591. The number of amides is 1. The summed E-state index contributed by atoms with van der Waals surface area (Å²) in [6.45, 7) is 8.92. The van der Waals surface area contributed by atoms with E-state index in [0.29, 0.717) is 12.5 Å². The highest BCUT2D eigenvalue weighted by Crippen LogP contribution is 2.29. The minimum Gasteiger partial charge on any atom is -0.396 e. The predicted octanol–water partition coefficient (Wildman–Crippen LogP) is 1.66. The van der Waals surface area contributed by atoms with Crippen LogP contribution in [0.1, 0.15) is 23.0 Å². The fourth-order valence-corrected chi connectivity index (χ4v) is 4.79. The summed E-state index contributed by atoms with van der Waals surface area (Å²) in [6.07, 6.45) is 0.826. The lowest BCUT2D eigenvalue weighted by atomic mass is 9.96. The molecule has 2 atom stereocenters. The molecule has 1 aromatic heterocycles. The van der Waals surface area contributed by atoms with Gasteiger partial charge in [0.25, 0.3) is 5.91 Å². The molecule has 2 fully saturated rings. The third-order valence-corrected chi connectivity index (χ3v) is 6.57. The molecule has 1 aromatic carbocycles. The van der Waals surface area contributed by atoms with Gasteiger partial charge in [-0.2, -0.15) is 0 Å².